The summed E-state index contributed by atoms with van der Waals surface area (Å²) in [7, 11) is 0. The SMILES string of the molecule is O=C(c1cc(Cl)cc(Br)c1)N1CCC(CBr)CC1. The van der Waals surface area contributed by atoms with Crippen molar-refractivity contribution in [2.45, 2.75) is 12.8 Å². The lowest BCUT2D eigenvalue weighted by Crippen LogP contribution is -2.38. The normalized spacial score (nSPS) is 16.9. The Bertz CT molecular complexity index is 424. The molecule has 0 atom stereocenters. The van der Waals surface area contributed by atoms with Gasteiger partial charge in [-0.2, -0.15) is 0 Å². The third kappa shape index (κ3) is 3.49. The lowest BCUT2D eigenvalue weighted by atomic mass is 9.98. The van der Waals surface area contributed by atoms with Gasteiger partial charge < -0.3 is 4.90 Å². The van der Waals surface area contributed by atoms with Crippen LogP contribution < -0.4 is 0 Å². The van der Waals surface area contributed by atoms with Crippen LogP contribution in [0.2, 0.25) is 5.02 Å². The lowest BCUT2D eigenvalue weighted by molar-refractivity contribution is 0.0699. The quantitative estimate of drug-likeness (QED) is 0.682. The van der Waals surface area contributed by atoms with E-state index in [1.165, 1.54) is 0 Å². The molecule has 1 saturated heterocycles. The zero-order chi connectivity index (χ0) is 13.1. The van der Waals surface area contributed by atoms with Crippen molar-refractivity contribution in [2.75, 3.05) is 18.4 Å². The molecule has 5 heteroatoms. The van der Waals surface area contributed by atoms with Crippen LogP contribution in [-0.2, 0) is 0 Å². The number of alkyl halides is 1. The van der Waals surface area contributed by atoms with E-state index in [2.05, 4.69) is 31.9 Å². The molecule has 0 spiro atoms. The highest BCUT2D eigenvalue weighted by atomic mass is 79.9. The molecular weight excluding hydrogens is 381 g/mol. The van der Waals surface area contributed by atoms with Crippen LogP contribution in [0.4, 0.5) is 0 Å². The molecule has 18 heavy (non-hydrogen) atoms. The average molecular weight is 396 g/mol. The van der Waals surface area contributed by atoms with Gasteiger partial charge in [-0.1, -0.05) is 43.5 Å². The van der Waals surface area contributed by atoms with Gasteiger partial charge in [-0.05, 0) is 37.0 Å². The molecule has 1 aromatic carbocycles. The summed E-state index contributed by atoms with van der Waals surface area (Å²) < 4.78 is 0.841. The molecule has 0 N–H and O–H groups in total. The van der Waals surface area contributed by atoms with E-state index in [1.807, 2.05) is 11.0 Å². The minimum Gasteiger partial charge on any atom is -0.339 e. The van der Waals surface area contributed by atoms with Gasteiger partial charge in [0.15, 0.2) is 0 Å². The van der Waals surface area contributed by atoms with Crippen molar-refractivity contribution >= 4 is 49.4 Å². The van der Waals surface area contributed by atoms with Crippen LogP contribution in [0.25, 0.3) is 0 Å². The standard InChI is InChI=1S/C13H14Br2ClNO/c14-8-9-1-3-17(4-2-9)13(18)10-5-11(15)7-12(16)6-10/h5-7,9H,1-4,8H2. The Labute approximate surface area is 129 Å². The molecule has 0 radical (unpaired) electrons. The summed E-state index contributed by atoms with van der Waals surface area (Å²) in [5.41, 5.74) is 0.659. The Kier molecular flexibility index (Phi) is 5.10. The van der Waals surface area contributed by atoms with Crippen molar-refractivity contribution < 1.29 is 4.79 Å². The predicted molar refractivity (Wildman–Crippen MR) is 81.6 cm³/mol. The van der Waals surface area contributed by atoms with Crippen molar-refractivity contribution in [1.82, 2.24) is 4.90 Å². The van der Waals surface area contributed by atoms with Gasteiger partial charge in [0.05, 0.1) is 0 Å². The van der Waals surface area contributed by atoms with Gasteiger partial charge in [0.2, 0.25) is 0 Å². The summed E-state index contributed by atoms with van der Waals surface area (Å²) in [5, 5.41) is 1.61. The summed E-state index contributed by atoms with van der Waals surface area (Å²) in [6.07, 6.45) is 2.14. The minimum absolute atomic E-state index is 0.0752. The van der Waals surface area contributed by atoms with Crippen molar-refractivity contribution in [2.24, 2.45) is 5.92 Å². The molecule has 0 aliphatic carbocycles. The van der Waals surface area contributed by atoms with Crippen molar-refractivity contribution in [1.29, 1.82) is 0 Å². The van der Waals surface area contributed by atoms with Gasteiger partial charge in [-0.15, -0.1) is 0 Å². The topological polar surface area (TPSA) is 20.3 Å². The monoisotopic (exact) mass is 393 g/mol. The number of rotatable bonds is 2. The number of amides is 1. The fraction of sp³-hybridized carbons (Fsp3) is 0.462. The molecule has 0 aromatic heterocycles. The Morgan fingerprint density at radius 1 is 1.33 bits per heavy atom. The van der Waals surface area contributed by atoms with Crippen LogP contribution in [0.1, 0.15) is 23.2 Å². The van der Waals surface area contributed by atoms with Crippen LogP contribution in [0.5, 0.6) is 0 Å². The first-order chi connectivity index (χ1) is 8.60. The molecule has 1 aliphatic rings. The van der Waals surface area contributed by atoms with Gasteiger partial charge in [-0.3, -0.25) is 4.79 Å². The maximum Gasteiger partial charge on any atom is 0.253 e. The number of hydrogen-bond donors (Lipinski definition) is 0. The summed E-state index contributed by atoms with van der Waals surface area (Å²) >= 11 is 12.8. The van der Waals surface area contributed by atoms with Gasteiger partial charge in [0.25, 0.3) is 5.91 Å². The Balaban J connectivity index is 2.07. The van der Waals surface area contributed by atoms with E-state index in [9.17, 15) is 4.79 Å². The first-order valence-corrected chi connectivity index (χ1v) is 8.20. The number of carbonyl (C=O) groups excluding carboxylic acids is 1. The Hall–Kier alpha value is -0.0600. The zero-order valence-electron chi connectivity index (χ0n) is 9.83. The molecule has 2 rings (SSSR count). The van der Waals surface area contributed by atoms with Crippen molar-refractivity contribution in [3.63, 3.8) is 0 Å². The summed E-state index contributed by atoms with van der Waals surface area (Å²) in [5.74, 6) is 0.770. The second-order valence-corrected chi connectivity index (χ2v) is 6.55. The van der Waals surface area contributed by atoms with Crippen LogP contribution in [0.15, 0.2) is 22.7 Å². The fourth-order valence-electron chi connectivity index (χ4n) is 2.15. The smallest absolute Gasteiger partial charge is 0.253 e. The first-order valence-electron chi connectivity index (χ1n) is 5.91. The Morgan fingerprint density at radius 3 is 2.56 bits per heavy atom. The molecule has 0 bridgehead atoms. The maximum atomic E-state index is 12.3. The molecule has 1 aliphatic heterocycles. The van der Waals surface area contributed by atoms with Crippen molar-refractivity contribution in [3.8, 4) is 0 Å². The van der Waals surface area contributed by atoms with Gasteiger partial charge >= 0.3 is 0 Å². The number of likely N-dealkylation sites (tertiary alicyclic amines) is 1. The van der Waals surface area contributed by atoms with E-state index in [-0.39, 0.29) is 5.91 Å². The van der Waals surface area contributed by atoms with E-state index in [0.29, 0.717) is 16.5 Å². The van der Waals surface area contributed by atoms with Crippen LogP contribution in [0, 0.1) is 5.92 Å². The van der Waals surface area contributed by atoms with E-state index < -0.39 is 0 Å². The number of nitrogens with zero attached hydrogens (tertiary/aromatic N) is 1. The number of piperidine rings is 1. The Morgan fingerprint density at radius 2 is 2.00 bits per heavy atom. The molecule has 1 amide bonds. The highest BCUT2D eigenvalue weighted by molar-refractivity contribution is 9.10. The average Bonchev–Trinajstić information content (AvgIpc) is 2.37. The lowest BCUT2D eigenvalue weighted by Gasteiger charge is -2.31. The molecule has 0 unspecified atom stereocenters. The third-order valence-corrected chi connectivity index (χ3v) is 4.82. The fourth-order valence-corrected chi connectivity index (χ4v) is 3.66. The largest absolute Gasteiger partial charge is 0.339 e. The first kappa shape index (κ1) is 14.4. The van der Waals surface area contributed by atoms with Crippen molar-refractivity contribution in [3.05, 3.63) is 33.3 Å². The van der Waals surface area contributed by atoms with Gasteiger partial charge in [0, 0.05) is 33.5 Å². The number of halogens is 3. The summed E-state index contributed by atoms with van der Waals surface area (Å²) in [6, 6.07) is 5.34. The molecule has 1 aromatic rings. The second-order valence-electron chi connectivity index (χ2n) is 4.55. The number of hydrogen-bond acceptors (Lipinski definition) is 1. The molecule has 98 valence electrons. The predicted octanol–water partition coefficient (Wildman–Crippen LogP) is 4.35. The van der Waals surface area contributed by atoms with Gasteiger partial charge in [0.1, 0.15) is 0 Å². The van der Waals surface area contributed by atoms with E-state index in [1.54, 1.807) is 12.1 Å². The molecule has 0 saturated carbocycles. The number of benzene rings is 1. The summed E-state index contributed by atoms with van der Waals surface area (Å²) in [4.78, 5) is 14.2. The van der Waals surface area contributed by atoms with Crippen LogP contribution in [-0.4, -0.2) is 29.2 Å². The maximum absolute atomic E-state index is 12.3. The van der Waals surface area contributed by atoms with Crippen LogP contribution in [0.3, 0.4) is 0 Å². The number of carbonyl (C=O) groups is 1. The molecular formula is C13H14Br2ClNO. The van der Waals surface area contributed by atoms with E-state index in [0.717, 1.165) is 35.7 Å². The van der Waals surface area contributed by atoms with Crippen LogP contribution >= 0.6 is 43.5 Å². The third-order valence-electron chi connectivity index (χ3n) is 3.23. The zero-order valence-corrected chi connectivity index (χ0v) is 13.8. The minimum atomic E-state index is 0.0752. The highest BCUT2D eigenvalue weighted by Crippen LogP contribution is 2.24. The van der Waals surface area contributed by atoms with Gasteiger partial charge in [-0.25, -0.2) is 0 Å². The summed E-state index contributed by atoms with van der Waals surface area (Å²) in [6.45, 7) is 1.67. The highest BCUT2D eigenvalue weighted by Gasteiger charge is 2.23. The second kappa shape index (κ2) is 6.40. The molecule has 1 heterocycles. The van der Waals surface area contributed by atoms with E-state index >= 15 is 0 Å². The molecule has 1 fully saturated rings. The molecule has 2 nitrogen and oxygen atoms in total. The van der Waals surface area contributed by atoms with E-state index in [4.69, 9.17) is 11.6 Å².